The highest BCUT2D eigenvalue weighted by molar-refractivity contribution is 7.80. The van der Waals surface area contributed by atoms with E-state index < -0.39 is 0 Å². The number of aromatic nitrogens is 4. The van der Waals surface area contributed by atoms with E-state index in [1.807, 2.05) is 55.5 Å². The molecule has 0 spiro atoms. The molecule has 0 aliphatic heterocycles. The van der Waals surface area contributed by atoms with Crippen LogP contribution in [0.2, 0.25) is 0 Å². The first-order valence-electron chi connectivity index (χ1n) is 10.1. The molecule has 2 heterocycles. The van der Waals surface area contributed by atoms with Crippen LogP contribution in [0.5, 0.6) is 0 Å². The third-order valence-corrected chi connectivity index (χ3v) is 6.07. The summed E-state index contributed by atoms with van der Waals surface area (Å²) in [4.78, 5) is 13.1. The predicted molar refractivity (Wildman–Crippen MR) is 126 cm³/mol. The van der Waals surface area contributed by atoms with E-state index in [2.05, 4.69) is 32.9 Å². The van der Waals surface area contributed by atoms with Crippen molar-refractivity contribution in [3.05, 3.63) is 71.0 Å². The van der Waals surface area contributed by atoms with Gasteiger partial charge in [0.2, 0.25) is 4.96 Å². The van der Waals surface area contributed by atoms with Crippen LogP contribution in [0.3, 0.4) is 0 Å². The van der Waals surface area contributed by atoms with Crippen LogP contribution in [-0.2, 0) is 19.4 Å². The number of rotatable bonds is 6. The molecule has 4 rings (SSSR count). The predicted octanol–water partition coefficient (Wildman–Crippen LogP) is 3.78. The van der Waals surface area contributed by atoms with Crippen LogP contribution >= 0.6 is 23.6 Å². The topological polar surface area (TPSA) is 84.2 Å². The number of carbonyl (C=O) groups excluding carboxylic acids is 1. The number of aryl methyl sites for hydroxylation is 2. The highest BCUT2D eigenvalue weighted by Crippen LogP contribution is 2.25. The molecule has 9 heteroatoms. The van der Waals surface area contributed by atoms with E-state index in [1.165, 1.54) is 16.9 Å². The van der Waals surface area contributed by atoms with Crippen molar-refractivity contribution in [2.45, 2.75) is 33.2 Å². The van der Waals surface area contributed by atoms with Gasteiger partial charge in [0.15, 0.2) is 10.9 Å². The van der Waals surface area contributed by atoms with Crippen molar-refractivity contribution < 1.29 is 4.79 Å². The molecule has 0 bridgehead atoms. The number of carbonyl (C=O) groups is 1. The minimum absolute atomic E-state index is 0.217. The second-order valence-electron chi connectivity index (χ2n) is 6.96. The molecule has 0 aliphatic carbocycles. The molecule has 31 heavy (non-hydrogen) atoms. The van der Waals surface area contributed by atoms with Gasteiger partial charge in [-0.05, 0) is 41.9 Å². The summed E-state index contributed by atoms with van der Waals surface area (Å²) >= 11 is 6.78. The number of thiocarbonyl (C=S) groups is 1. The minimum Gasteiger partial charge on any atom is -0.358 e. The molecule has 158 valence electrons. The summed E-state index contributed by atoms with van der Waals surface area (Å²) in [7, 11) is 0. The van der Waals surface area contributed by atoms with Gasteiger partial charge >= 0.3 is 0 Å². The first kappa shape index (κ1) is 21.1. The van der Waals surface area contributed by atoms with Gasteiger partial charge < -0.3 is 5.32 Å². The Morgan fingerprint density at radius 2 is 1.71 bits per heavy atom. The highest BCUT2D eigenvalue weighted by Gasteiger charge is 2.12. The van der Waals surface area contributed by atoms with Gasteiger partial charge in [0.05, 0.1) is 0 Å². The maximum absolute atomic E-state index is 12.3. The van der Waals surface area contributed by atoms with Crippen molar-refractivity contribution in [2.75, 3.05) is 0 Å². The molecule has 0 radical (unpaired) electrons. The van der Waals surface area contributed by atoms with Gasteiger partial charge in [-0.1, -0.05) is 61.6 Å². The van der Waals surface area contributed by atoms with Gasteiger partial charge in [-0.25, -0.2) is 0 Å². The molecule has 0 aliphatic rings. The van der Waals surface area contributed by atoms with Crippen LogP contribution in [0, 0.1) is 0 Å². The fraction of sp³-hybridized carbons (Fsp3) is 0.227. The molecule has 0 saturated carbocycles. The highest BCUT2D eigenvalue weighted by atomic mass is 32.1. The molecule has 0 saturated heterocycles. The van der Waals surface area contributed by atoms with E-state index in [4.69, 9.17) is 12.2 Å². The average Bonchev–Trinajstić information content (AvgIpc) is 3.39. The lowest BCUT2D eigenvalue weighted by Gasteiger charge is -2.10. The standard InChI is InChI=1S/C22H22N6OS2/c1-3-14-5-9-16(10-6-14)19(29)24-21(30)23-13-15-7-11-17(12-8-15)20-27-28-18(4-2)25-26-22(28)31-20/h5-12H,3-4,13H2,1-2H3,(H2,23,24,29,30). The van der Waals surface area contributed by atoms with Crippen LogP contribution in [0.4, 0.5) is 0 Å². The zero-order valence-electron chi connectivity index (χ0n) is 17.3. The van der Waals surface area contributed by atoms with Gasteiger partial charge in [0.25, 0.3) is 5.91 Å². The Morgan fingerprint density at radius 1 is 1.00 bits per heavy atom. The zero-order chi connectivity index (χ0) is 21.8. The molecule has 0 atom stereocenters. The summed E-state index contributed by atoms with van der Waals surface area (Å²) < 4.78 is 1.80. The van der Waals surface area contributed by atoms with Crippen LogP contribution in [0.1, 0.15) is 41.2 Å². The maximum atomic E-state index is 12.3. The van der Waals surface area contributed by atoms with Crippen molar-refractivity contribution in [2.24, 2.45) is 0 Å². The summed E-state index contributed by atoms with van der Waals surface area (Å²) in [6.45, 7) is 4.63. The van der Waals surface area contributed by atoms with E-state index in [0.717, 1.165) is 39.8 Å². The van der Waals surface area contributed by atoms with Gasteiger partial charge in [-0.3, -0.25) is 10.1 Å². The monoisotopic (exact) mass is 450 g/mol. The Labute approximate surface area is 189 Å². The van der Waals surface area contributed by atoms with Crippen LogP contribution in [-0.4, -0.2) is 30.8 Å². The molecule has 0 fully saturated rings. The zero-order valence-corrected chi connectivity index (χ0v) is 18.9. The van der Waals surface area contributed by atoms with E-state index in [-0.39, 0.29) is 5.91 Å². The maximum Gasteiger partial charge on any atom is 0.257 e. The summed E-state index contributed by atoms with van der Waals surface area (Å²) in [5.74, 6) is 0.639. The van der Waals surface area contributed by atoms with E-state index in [0.29, 0.717) is 17.2 Å². The van der Waals surface area contributed by atoms with Gasteiger partial charge in [-0.15, -0.1) is 10.2 Å². The fourth-order valence-electron chi connectivity index (χ4n) is 3.05. The summed E-state index contributed by atoms with van der Waals surface area (Å²) in [6.07, 6.45) is 1.73. The number of nitrogens with zero attached hydrogens (tertiary/aromatic N) is 4. The Morgan fingerprint density at radius 3 is 2.39 bits per heavy atom. The Kier molecular flexibility index (Phi) is 6.34. The smallest absolute Gasteiger partial charge is 0.257 e. The summed E-state index contributed by atoms with van der Waals surface area (Å²) in [6, 6.07) is 15.6. The van der Waals surface area contributed by atoms with Crippen LogP contribution in [0.25, 0.3) is 15.5 Å². The molecule has 0 unspecified atom stereocenters. The van der Waals surface area contributed by atoms with Crippen molar-refractivity contribution in [1.82, 2.24) is 30.4 Å². The summed E-state index contributed by atoms with van der Waals surface area (Å²) in [5, 5.41) is 19.9. The molecule has 2 aromatic carbocycles. The molecule has 2 N–H and O–H groups in total. The molecule has 7 nitrogen and oxygen atoms in total. The lowest BCUT2D eigenvalue weighted by Crippen LogP contribution is -2.38. The van der Waals surface area contributed by atoms with E-state index in [1.54, 1.807) is 4.52 Å². The van der Waals surface area contributed by atoms with Gasteiger partial charge in [0, 0.05) is 24.1 Å². The van der Waals surface area contributed by atoms with Crippen LogP contribution in [0.15, 0.2) is 48.5 Å². The van der Waals surface area contributed by atoms with Crippen molar-refractivity contribution in [1.29, 1.82) is 0 Å². The molecule has 1 amide bonds. The first-order valence-corrected chi connectivity index (χ1v) is 11.3. The second kappa shape index (κ2) is 9.32. The van der Waals surface area contributed by atoms with E-state index in [9.17, 15) is 4.79 Å². The number of hydrogen-bond donors (Lipinski definition) is 2. The number of benzene rings is 2. The molecular formula is C22H22N6OS2. The molecule has 2 aromatic heterocycles. The Hall–Kier alpha value is -3.17. The van der Waals surface area contributed by atoms with E-state index >= 15 is 0 Å². The Balaban J connectivity index is 1.33. The number of hydrogen-bond acceptors (Lipinski definition) is 6. The van der Waals surface area contributed by atoms with Crippen molar-refractivity contribution in [3.63, 3.8) is 0 Å². The molecular weight excluding hydrogens is 428 g/mol. The number of nitrogens with one attached hydrogen (secondary N) is 2. The third-order valence-electron chi connectivity index (χ3n) is 4.88. The SMILES string of the molecule is CCc1ccc(C(=O)NC(=S)NCc2ccc(-c3nn4c(CC)nnc4s3)cc2)cc1. The lowest BCUT2D eigenvalue weighted by molar-refractivity contribution is 0.0976. The lowest BCUT2D eigenvalue weighted by atomic mass is 10.1. The average molecular weight is 451 g/mol. The number of fused-ring (bicyclic) bond motifs is 1. The van der Waals surface area contributed by atoms with Crippen LogP contribution < -0.4 is 10.6 Å². The van der Waals surface area contributed by atoms with Crippen molar-refractivity contribution >= 4 is 39.5 Å². The quantitative estimate of drug-likeness (QED) is 0.435. The molecule has 4 aromatic rings. The largest absolute Gasteiger partial charge is 0.358 e. The van der Waals surface area contributed by atoms with Crippen molar-refractivity contribution in [3.8, 4) is 10.6 Å². The Bertz CT molecular complexity index is 1210. The normalized spacial score (nSPS) is 10.9. The fourth-order valence-corrected chi connectivity index (χ4v) is 4.08. The summed E-state index contributed by atoms with van der Waals surface area (Å²) in [5.41, 5.74) is 3.84. The van der Waals surface area contributed by atoms with Gasteiger partial charge in [0.1, 0.15) is 5.01 Å². The second-order valence-corrected chi connectivity index (χ2v) is 8.32. The number of amides is 1. The third kappa shape index (κ3) is 4.78. The first-order chi connectivity index (χ1) is 15.1. The van der Waals surface area contributed by atoms with Gasteiger partial charge in [-0.2, -0.15) is 9.61 Å². The minimum atomic E-state index is -0.217.